The second kappa shape index (κ2) is 11.0. The topological polar surface area (TPSA) is 49.3 Å². The number of benzene rings is 1. The summed E-state index contributed by atoms with van der Waals surface area (Å²) in [6, 6.07) is 14.5. The fraction of sp³-hybridized carbons (Fsp3) is 0.368. The maximum absolute atomic E-state index is 4.60. The van der Waals surface area contributed by atoms with Crippen LogP contribution in [0.4, 0.5) is 0 Å². The first-order valence-corrected chi connectivity index (χ1v) is 8.17. The number of nitrogens with zero attached hydrogens (tertiary/aromatic N) is 2. The van der Waals surface area contributed by atoms with Crippen LogP contribution in [0.2, 0.25) is 0 Å². The van der Waals surface area contributed by atoms with Gasteiger partial charge < -0.3 is 10.6 Å². The van der Waals surface area contributed by atoms with Gasteiger partial charge in [0.05, 0.1) is 12.2 Å². The smallest absolute Gasteiger partial charge is 0.191 e. The number of hydrogen-bond acceptors (Lipinski definition) is 2. The fourth-order valence-electron chi connectivity index (χ4n) is 2.34. The van der Waals surface area contributed by atoms with E-state index in [1.807, 2.05) is 18.2 Å². The predicted molar refractivity (Wildman–Crippen MR) is 112 cm³/mol. The highest BCUT2D eigenvalue weighted by Gasteiger charge is 2.07. The van der Waals surface area contributed by atoms with Gasteiger partial charge in [0.25, 0.3) is 0 Å². The molecular formula is C19H27IN4. The average molecular weight is 438 g/mol. The Labute approximate surface area is 162 Å². The Morgan fingerprint density at radius 2 is 2.00 bits per heavy atom. The SMILES string of the molecule is CCNC(=NCc1ccccn1)NCC(C)c1cccc(C)c1.I. The van der Waals surface area contributed by atoms with E-state index < -0.39 is 0 Å². The summed E-state index contributed by atoms with van der Waals surface area (Å²) < 4.78 is 0. The van der Waals surface area contributed by atoms with Crippen LogP contribution in [0.1, 0.15) is 36.6 Å². The zero-order valence-corrected chi connectivity index (χ0v) is 17.0. The van der Waals surface area contributed by atoms with E-state index in [4.69, 9.17) is 0 Å². The van der Waals surface area contributed by atoms with E-state index >= 15 is 0 Å². The maximum Gasteiger partial charge on any atom is 0.191 e. The van der Waals surface area contributed by atoms with Crippen LogP contribution in [0.5, 0.6) is 0 Å². The Hall–Kier alpha value is -1.63. The molecule has 0 bridgehead atoms. The van der Waals surface area contributed by atoms with Gasteiger partial charge in [0.1, 0.15) is 0 Å². The molecule has 0 saturated carbocycles. The molecular weight excluding hydrogens is 411 g/mol. The number of pyridine rings is 1. The molecule has 1 aromatic carbocycles. The number of aryl methyl sites for hydroxylation is 1. The quantitative estimate of drug-likeness (QED) is 0.409. The molecule has 4 nitrogen and oxygen atoms in total. The Bertz CT molecular complexity index is 628. The third-order valence-corrected chi connectivity index (χ3v) is 3.66. The Kier molecular flexibility index (Phi) is 9.37. The number of aromatic nitrogens is 1. The van der Waals surface area contributed by atoms with Crippen LogP contribution in [0.15, 0.2) is 53.7 Å². The van der Waals surface area contributed by atoms with E-state index in [-0.39, 0.29) is 24.0 Å². The van der Waals surface area contributed by atoms with Gasteiger partial charge in [-0.1, -0.05) is 42.8 Å². The summed E-state index contributed by atoms with van der Waals surface area (Å²) in [6.45, 7) is 8.69. The Morgan fingerprint density at radius 1 is 1.17 bits per heavy atom. The van der Waals surface area contributed by atoms with Crippen molar-refractivity contribution in [2.45, 2.75) is 33.2 Å². The van der Waals surface area contributed by atoms with E-state index in [2.05, 4.69) is 65.6 Å². The lowest BCUT2D eigenvalue weighted by molar-refractivity contribution is 0.698. The summed E-state index contributed by atoms with van der Waals surface area (Å²) in [5.74, 6) is 1.26. The van der Waals surface area contributed by atoms with Gasteiger partial charge in [-0.25, -0.2) is 4.99 Å². The normalized spacial score (nSPS) is 12.2. The molecule has 0 aliphatic carbocycles. The van der Waals surface area contributed by atoms with Gasteiger partial charge in [-0.05, 0) is 37.5 Å². The largest absolute Gasteiger partial charge is 0.357 e. The zero-order valence-electron chi connectivity index (χ0n) is 14.6. The predicted octanol–water partition coefficient (Wildman–Crippen LogP) is 3.87. The first-order chi connectivity index (χ1) is 11.2. The zero-order chi connectivity index (χ0) is 16.5. The number of aliphatic imine (C=N–C) groups is 1. The lowest BCUT2D eigenvalue weighted by Gasteiger charge is -2.16. The van der Waals surface area contributed by atoms with Crippen molar-refractivity contribution in [3.63, 3.8) is 0 Å². The molecule has 1 unspecified atom stereocenters. The first kappa shape index (κ1) is 20.4. The highest BCUT2D eigenvalue weighted by molar-refractivity contribution is 14.0. The molecule has 2 rings (SSSR count). The summed E-state index contributed by atoms with van der Waals surface area (Å²) in [5.41, 5.74) is 3.61. The average Bonchev–Trinajstić information content (AvgIpc) is 2.58. The molecule has 2 N–H and O–H groups in total. The van der Waals surface area contributed by atoms with E-state index in [1.54, 1.807) is 6.20 Å². The monoisotopic (exact) mass is 438 g/mol. The van der Waals surface area contributed by atoms with Crippen LogP contribution in [0, 0.1) is 6.92 Å². The third-order valence-electron chi connectivity index (χ3n) is 3.66. The summed E-state index contributed by atoms with van der Waals surface area (Å²) in [7, 11) is 0. The van der Waals surface area contributed by atoms with Gasteiger partial charge in [-0.3, -0.25) is 4.98 Å². The van der Waals surface area contributed by atoms with E-state index in [0.29, 0.717) is 12.5 Å². The molecule has 1 aromatic heterocycles. The van der Waals surface area contributed by atoms with Gasteiger partial charge in [-0.2, -0.15) is 0 Å². The summed E-state index contributed by atoms with van der Waals surface area (Å²) in [5, 5.41) is 6.70. The second-order valence-corrected chi connectivity index (χ2v) is 5.71. The molecule has 0 saturated heterocycles. The van der Waals surface area contributed by atoms with Crippen molar-refractivity contribution in [1.29, 1.82) is 0 Å². The second-order valence-electron chi connectivity index (χ2n) is 5.71. The molecule has 1 atom stereocenters. The minimum atomic E-state index is 0. The van der Waals surface area contributed by atoms with Gasteiger partial charge >= 0.3 is 0 Å². The molecule has 0 amide bonds. The number of nitrogens with one attached hydrogen (secondary N) is 2. The number of halogens is 1. The molecule has 1 heterocycles. The van der Waals surface area contributed by atoms with Crippen molar-refractivity contribution in [2.24, 2.45) is 4.99 Å². The van der Waals surface area contributed by atoms with Crippen molar-refractivity contribution in [3.8, 4) is 0 Å². The van der Waals surface area contributed by atoms with Crippen LogP contribution >= 0.6 is 24.0 Å². The van der Waals surface area contributed by atoms with E-state index in [9.17, 15) is 0 Å². The molecule has 0 fully saturated rings. The molecule has 0 aliphatic rings. The molecule has 2 aromatic rings. The Balaban J connectivity index is 0.00000288. The minimum Gasteiger partial charge on any atom is -0.357 e. The van der Waals surface area contributed by atoms with E-state index in [0.717, 1.165) is 24.7 Å². The molecule has 0 spiro atoms. The number of hydrogen-bond donors (Lipinski definition) is 2. The van der Waals surface area contributed by atoms with Crippen molar-refractivity contribution in [1.82, 2.24) is 15.6 Å². The van der Waals surface area contributed by atoms with Crippen molar-refractivity contribution in [2.75, 3.05) is 13.1 Å². The third kappa shape index (κ3) is 6.86. The van der Waals surface area contributed by atoms with Gasteiger partial charge in [0.15, 0.2) is 5.96 Å². The van der Waals surface area contributed by atoms with Crippen LogP contribution in [0.3, 0.4) is 0 Å². The molecule has 0 aliphatic heterocycles. The van der Waals surface area contributed by atoms with Crippen LogP contribution < -0.4 is 10.6 Å². The molecule has 5 heteroatoms. The van der Waals surface area contributed by atoms with E-state index in [1.165, 1.54) is 11.1 Å². The highest BCUT2D eigenvalue weighted by Crippen LogP contribution is 2.15. The van der Waals surface area contributed by atoms with Gasteiger partial charge in [0, 0.05) is 19.3 Å². The van der Waals surface area contributed by atoms with Crippen LogP contribution in [0.25, 0.3) is 0 Å². The summed E-state index contributed by atoms with van der Waals surface area (Å²) >= 11 is 0. The van der Waals surface area contributed by atoms with Crippen molar-refractivity contribution in [3.05, 3.63) is 65.5 Å². The number of rotatable bonds is 6. The Morgan fingerprint density at radius 3 is 2.67 bits per heavy atom. The van der Waals surface area contributed by atoms with Gasteiger partial charge in [0.2, 0.25) is 0 Å². The molecule has 24 heavy (non-hydrogen) atoms. The standard InChI is InChI=1S/C19H26N4.HI/c1-4-20-19(23-14-18-10-5-6-11-21-18)22-13-16(3)17-9-7-8-15(2)12-17;/h5-12,16H,4,13-14H2,1-3H3,(H2,20,22,23);1H. The fourth-order valence-corrected chi connectivity index (χ4v) is 2.34. The highest BCUT2D eigenvalue weighted by atomic mass is 127. The van der Waals surface area contributed by atoms with Crippen LogP contribution in [-0.4, -0.2) is 24.0 Å². The number of guanidine groups is 1. The maximum atomic E-state index is 4.60. The van der Waals surface area contributed by atoms with Crippen molar-refractivity contribution >= 4 is 29.9 Å². The molecule has 0 radical (unpaired) electrons. The van der Waals surface area contributed by atoms with Gasteiger partial charge in [-0.15, -0.1) is 24.0 Å². The summed E-state index contributed by atoms with van der Waals surface area (Å²) in [6.07, 6.45) is 1.80. The lowest BCUT2D eigenvalue weighted by atomic mass is 9.99. The minimum absolute atomic E-state index is 0. The molecule has 130 valence electrons. The summed E-state index contributed by atoms with van der Waals surface area (Å²) in [4.78, 5) is 8.90. The first-order valence-electron chi connectivity index (χ1n) is 8.17. The van der Waals surface area contributed by atoms with Crippen molar-refractivity contribution < 1.29 is 0 Å². The lowest BCUT2D eigenvalue weighted by Crippen LogP contribution is -2.39. The van der Waals surface area contributed by atoms with Crippen LogP contribution in [-0.2, 0) is 6.54 Å².